The third-order valence-electron chi connectivity index (χ3n) is 10.9. The number of epoxide rings is 1. The van der Waals surface area contributed by atoms with Crippen LogP contribution in [-0.4, -0.2) is 98.9 Å². The van der Waals surface area contributed by atoms with Crippen molar-refractivity contribution in [1.82, 2.24) is 0 Å². The van der Waals surface area contributed by atoms with Gasteiger partial charge in [-0.3, -0.25) is 14.4 Å². The molecule has 1 saturated heterocycles. The summed E-state index contributed by atoms with van der Waals surface area (Å²) < 4.78 is 30.0. The Balaban J connectivity index is 1.88. The van der Waals surface area contributed by atoms with Crippen molar-refractivity contribution >= 4 is 29.7 Å². The maximum absolute atomic E-state index is 14.0. The molecule has 0 radical (unpaired) electrons. The molecule has 5 rings (SSSR count). The lowest BCUT2D eigenvalue weighted by atomic mass is 9.44. The number of esters is 4. The van der Waals surface area contributed by atoms with Crippen molar-refractivity contribution in [3.63, 3.8) is 0 Å². The van der Waals surface area contributed by atoms with Crippen molar-refractivity contribution in [2.24, 2.45) is 16.7 Å². The summed E-state index contributed by atoms with van der Waals surface area (Å²) in [6.45, 7) is 11.3. The zero-order valence-electron chi connectivity index (χ0n) is 26.6. The van der Waals surface area contributed by atoms with Crippen molar-refractivity contribution in [1.29, 1.82) is 0 Å². The summed E-state index contributed by atoms with van der Waals surface area (Å²) in [6, 6.07) is 7.89. The molecule has 4 aliphatic rings. The molecule has 13 nitrogen and oxygen atoms in total. The van der Waals surface area contributed by atoms with Crippen molar-refractivity contribution in [2.75, 3.05) is 6.61 Å². The molecule has 3 saturated carbocycles. The highest BCUT2D eigenvalue weighted by Crippen LogP contribution is 2.73. The van der Waals surface area contributed by atoms with E-state index in [9.17, 15) is 39.3 Å². The molecular formula is C33H40O13. The summed E-state index contributed by atoms with van der Waals surface area (Å²) >= 11 is 0. The number of ketones is 1. The smallest absolute Gasteiger partial charge is 0.338 e. The van der Waals surface area contributed by atoms with Crippen LogP contribution in [0.4, 0.5) is 0 Å². The van der Waals surface area contributed by atoms with Crippen LogP contribution in [0, 0.1) is 16.7 Å². The predicted octanol–water partition coefficient (Wildman–Crippen LogP) is 1.19. The minimum absolute atomic E-state index is 0.0267. The van der Waals surface area contributed by atoms with Gasteiger partial charge in [-0.05, 0) is 24.6 Å². The van der Waals surface area contributed by atoms with Crippen LogP contribution in [0.25, 0.3) is 0 Å². The maximum atomic E-state index is 14.0. The molecule has 3 aliphatic carbocycles. The minimum Gasteiger partial charge on any atom is -0.462 e. The van der Waals surface area contributed by atoms with Gasteiger partial charge in [0.2, 0.25) is 0 Å². The molecule has 3 N–H and O–H groups in total. The van der Waals surface area contributed by atoms with Gasteiger partial charge in [0.25, 0.3) is 0 Å². The Bertz CT molecular complexity index is 1490. The molecule has 1 aliphatic heterocycles. The molecule has 0 unspecified atom stereocenters. The first kappa shape index (κ1) is 33.7. The van der Waals surface area contributed by atoms with E-state index in [1.54, 1.807) is 32.0 Å². The molecule has 2 bridgehead atoms. The quantitative estimate of drug-likeness (QED) is 0.173. The normalized spacial score (nSPS) is 40.6. The van der Waals surface area contributed by atoms with Gasteiger partial charge in [-0.25, -0.2) is 9.59 Å². The van der Waals surface area contributed by atoms with Gasteiger partial charge in [-0.1, -0.05) is 45.5 Å². The second-order valence-electron chi connectivity index (χ2n) is 13.6. The van der Waals surface area contributed by atoms with E-state index in [0.717, 1.165) is 13.8 Å². The van der Waals surface area contributed by atoms with Crippen LogP contribution in [0.15, 0.2) is 42.5 Å². The first-order valence-corrected chi connectivity index (χ1v) is 15.1. The number of carbonyl (C=O) groups excluding carboxylic acids is 5. The number of fused-ring (bicyclic) bond motifs is 2. The average molecular weight is 645 g/mol. The highest BCUT2D eigenvalue weighted by atomic mass is 16.7. The van der Waals surface area contributed by atoms with E-state index < -0.39 is 107 Å². The molecule has 1 aromatic rings. The van der Waals surface area contributed by atoms with Crippen molar-refractivity contribution < 1.29 is 63.0 Å². The fourth-order valence-corrected chi connectivity index (χ4v) is 8.48. The molecule has 46 heavy (non-hydrogen) atoms. The number of aliphatic hydroxyl groups is 3. The number of rotatable bonds is 6. The Morgan fingerprint density at radius 1 is 0.935 bits per heavy atom. The summed E-state index contributed by atoms with van der Waals surface area (Å²) in [5.41, 5.74) is -9.17. The predicted molar refractivity (Wildman–Crippen MR) is 156 cm³/mol. The summed E-state index contributed by atoms with van der Waals surface area (Å²) in [6.07, 6.45) is -8.55. The minimum atomic E-state index is -2.30. The molecule has 0 aromatic heterocycles. The molecule has 10 atom stereocenters. The molecule has 4 fully saturated rings. The van der Waals surface area contributed by atoms with Crippen molar-refractivity contribution in [2.45, 2.75) is 102 Å². The summed E-state index contributed by atoms with van der Waals surface area (Å²) in [7, 11) is 0. The third-order valence-corrected chi connectivity index (χ3v) is 10.9. The van der Waals surface area contributed by atoms with Crippen LogP contribution < -0.4 is 0 Å². The first-order valence-electron chi connectivity index (χ1n) is 15.1. The highest BCUT2D eigenvalue weighted by Gasteiger charge is 2.91. The summed E-state index contributed by atoms with van der Waals surface area (Å²) in [4.78, 5) is 66.1. The van der Waals surface area contributed by atoms with Gasteiger partial charge < -0.3 is 39.0 Å². The zero-order chi connectivity index (χ0) is 34.2. The average Bonchev–Trinajstić information content (AvgIpc) is 3.65. The van der Waals surface area contributed by atoms with Crippen molar-refractivity contribution in [3.8, 4) is 0 Å². The van der Waals surface area contributed by atoms with E-state index in [4.69, 9.17) is 23.7 Å². The lowest BCUT2D eigenvalue weighted by Crippen LogP contribution is -2.79. The van der Waals surface area contributed by atoms with E-state index in [1.165, 1.54) is 26.0 Å². The van der Waals surface area contributed by atoms with Gasteiger partial charge in [0.1, 0.15) is 24.4 Å². The van der Waals surface area contributed by atoms with E-state index in [2.05, 4.69) is 6.58 Å². The van der Waals surface area contributed by atoms with Gasteiger partial charge >= 0.3 is 23.9 Å². The zero-order valence-corrected chi connectivity index (χ0v) is 26.6. The SMILES string of the molecule is C=C1[C@@H](O)C[C@H](OC(C)=O)[C@@]2(C)[C@@H](OC(C)=O)[C@H](OC(=O)CO)[C@@]34O[C@]3(C)C(=O)C[C@@](O)([C@@H](OC(=O)c3ccccc3)[C@H]12)C4(C)C. The van der Waals surface area contributed by atoms with Gasteiger partial charge in [0.15, 0.2) is 29.2 Å². The fraction of sp³-hybridized carbons (Fsp3) is 0.606. The third kappa shape index (κ3) is 4.46. The largest absolute Gasteiger partial charge is 0.462 e. The number of benzene rings is 1. The molecule has 250 valence electrons. The molecule has 1 spiro atoms. The van der Waals surface area contributed by atoms with Crippen LogP contribution in [0.2, 0.25) is 0 Å². The van der Waals surface area contributed by atoms with E-state index in [-0.39, 0.29) is 17.6 Å². The molecule has 1 aromatic carbocycles. The van der Waals surface area contributed by atoms with Gasteiger partial charge in [0.05, 0.1) is 17.1 Å². The van der Waals surface area contributed by atoms with E-state index in [0.29, 0.717) is 0 Å². The Labute approximate surface area is 265 Å². The van der Waals surface area contributed by atoms with E-state index in [1.807, 2.05) is 0 Å². The summed E-state index contributed by atoms with van der Waals surface area (Å²) in [5.74, 6) is -5.67. The topological polar surface area (TPSA) is 195 Å². The monoisotopic (exact) mass is 644 g/mol. The molecule has 1 heterocycles. The molecule has 13 heteroatoms. The van der Waals surface area contributed by atoms with Crippen LogP contribution >= 0.6 is 0 Å². The van der Waals surface area contributed by atoms with Gasteiger partial charge in [0, 0.05) is 38.0 Å². The summed E-state index contributed by atoms with van der Waals surface area (Å²) in [5, 5.41) is 34.0. The second kappa shape index (κ2) is 11.0. The van der Waals surface area contributed by atoms with Gasteiger partial charge in [-0.2, -0.15) is 0 Å². The Morgan fingerprint density at radius 2 is 1.54 bits per heavy atom. The van der Waals surface area contributed by atoms with Crippen molar-refractivity contribution in [3.05, 3.63) is 48.0 Å². The maximum Gasteiger partial charge on any atom is 0.338 e. The number of aliphatic hydroxyl groups excluding tert-OH is 2. The lowest BCUT2D eigenvalue weighted by molar-refractivity contribution is -0.280. The first-order chi connectivity index (χ1) is 21.3. The van der Waals surface area contributed by atoms with Crippen LogP contribution in [0.3, 0.4) is 0 Å². The van der Waals surface area contributed by atoms with Crippen LogP contribution in [0.5, 0.6) is 0 Å². The number of ether oxygens (including phenoxy) is 5. The van der Waals surface area contributed by atoms with E-state index >= 15 is 0 Å². The Hall–Kier alpha value is -3.65. The fourth-order valence-electron chi connectivity index (χ4n) is 8.48. The van der Waals surface area contributed by atoms with Crippen LogP contribution in [-0.2, 0) is 42.9 Å². The lowest BCUT2D eigenvalue weighted by Gasteiger charge is -2.64. The standard InChI is InChI=1S/C33H40O13/c1-16-20(37)13-22(42-17(2)35)30(6)24(16)25(45-28(40)19-11-9-8-10-12-19)32(41)14-21(38)31(7)33(46-31,29(32,4)5)27(44-23(39)15-34)26(30)43-18(3)36/h8-12,20,22,24-27,34,37,41H,1,13-15H2,2-7H3/t20-,22-,24-,25-,26-,27-,30+,31+,32+,33-/m0/s1. The molecule has 0 amide bonds. The second-order valence-corrected chi connectivity index (χ2v) is 13.6. The molecular weight excluding hydrogens is 604 g/mol. The number of hydrogen-bond acceptors (Lipinski definition) is 13. The number of carbonyl (C=O) groups is 5. The van der Waals surface area contributed by atoms with Gasteiger partial charge in [-0.15, -0.1) is 0 Å². The Morgan fingerprint density at radius 3 is 2.11 bits per heavy atom. The Kier molecular flexibility index (Phi) is 8.04. The highest BCUT2D eigenvalue weighted by molar-refractivity contribution is 5.95. The van der Waals surface area contributed by atoms with Crippen LogP contribution in [0.1, 0.15) is 64.7 Å². The number of Topliss-reactive ketones (excluding diaryl/α,β-unsaturated/α-hetero) is 1. The number of hydrogen-bond donors (Lipinski definition) is 3.